The zero-order valence-electron chi connectivity index (χ0n) is 13.3. The van der Waals surface area contributed by atoms with E-state index in [0.29, 0.717) is 5.88 Å². The predicted molar refractivity (Wildman–Crippen MR) is 84.8 cm³/mol. The number of nitrogens with zero attached hydrogens (tertiary/aromatic N) is 1. The molecule has 1 aromatic carbocycles. The Hall–Kier alpha value is -1.87. The lowest BCUT2D eigenvalue weighted by molar-refractivity contribution is 0.198. The highest BCUT2D eigenvalue weighted by molar-refractivity contribution is 5.43. The molecule has 0 unspecified atom stereocenters. The summed E-state index contributed by atoms with van der Waals surface area (Å²) < 4.78 is 5.96. The predicted octanol–water partition coefficient (Wildman–Crippen LogP) is 4.53. The Labute approximate surface area is 126 Å². The summed E-state index contributed by atoms with van der Waals surface area (Å²) in [4.78, 5) is 4.27. The topological polar surface area (TPSA) is 42.4 Å². The number of aliphatic hydroxyl groups is 1. The summed E-state index contributed by atoms with van der Waals surface area (Å²) in [7, 11) is 0. The van der Waals surface area contributed by atoms with Gasteiger partial charge in [0, 0.05) is 17.8 Å². The van der Waals surface area contributed by atoms with Crippen molar-refractivity contribution < 1.29 is 9.84 Å². The van der Waals surface area contributed by atoms with Gasteiger partial charge in [0.2, 0.25) is 5.88 Å². The summed E-state index contributed by atoms with van der Waals surface area (Å²) in [5.74, 6) is 1.37. The molecule has 0 saturated carbocycles. The minimum Gasteiger partial charge on any atom is -0.439 e. The average Bonchev–Trinajstić information content (AvgIpc) is 2.38. The Bertz CT molecular complexity index is 610. The van der Waals surface area contributed by atoms with E-state index in [1.54, 1.807) is 19.2 Å². The van der Waals surface area contributed by atoms with Crippen LogP contribution < -0.4 is 4.74 Å². The quantitative estimate of drug-likeness (QED) is 0.900. The second-order valence-corrected chi connectivity index (χ2v) is 6.46. The fourth-order valence-corrected chi connectivity index (χ4v) is 2.15. The molecule has 0 aliphatic heterocycles. The van der Waals surface area contributed by atoms with Crippen LogP contribution in [0.1, 0.15) is 50.5 Å². The molecular formula is C18H23NO2. The molecule has 3 heteroatoms. The molecule has 2 rings (SSSR count). The van der Waals surface area contributed by atoms with Gasteiger partial charge in [-0.25, -0.2) is 4.98 Å². The molecule has 1 atom stereocenters. The number of aromatic nitrogens is 1. The lowest BCUT2D eigenvalue weighted by Gasteiger charge is -2.22. The van der Waals surface area contributed by atoms with Crippen LogP contribution in [0.2, 0.25) is 0 Å². The molecule has 0 aliphatic rings. The number of aryl methyl sites for hydroxylation is 1. The molecule has 21 heavy (non-hydrogen) atoms. The Morgan fingerprint density at radius 2 is 1.86 bits per heavy atom. The highest BCUT2D eigenvalue weighted by Crippen LogP contribution is 2.34. The van der Waals surface area contributed by atoms with Gasteiger partial charge in [-0.2, -0.15) is 0 Å². The summed E-state index contributed by atoms with van der Waals surface area (Å²) in [6.45, 7) is 10.2. The molecular weight excluding hydrogens is 262 g/mol. The summed E-state index contributed by atoms with van der Waals surface area (Å²) in [6, 6.07) is 9.85. The van der Waals surface area contributed by atoms with E-state index in [0.717, 1.165) is 22.4 Å². The summed E-state index contributed by atoms with van der Waals surface area (Å²) in [5, 5.41) is 9.51. The van der Waals surface area contributed by atoms with Gasteiger partial charge >= 0.3 is 0 Å². The number of ether oxygens (including phenoxy) is 1. The van der Waals surface area contributed by atoms with Crippen LogP contribution in [0.3, 0.4) is 0 Å². The normalized spacial score (nSPS) is 13.0. The van der Waals surface area contributed by atoms with E-state index >= 15 is 0 Å². The van der Waals surface area contributed by atoms with Crippen molar-refractivity contribution in [2.75, 3.05) is 0 Å². The van der Waals surface area contributed by atoms with Gasteiger partial charge < -0.3 is 9.84 Å². The first-order valence-electron chi connectivity index (χ1n) is 7.20. The van der Waals surface area contributed by atoms with E-state index in [1.807, 2.05) is 19.1 Å². The Morgan fingerprint density at radius 1 is 1.14 bits per heavy atom. The molecule has 1 heterocycles. The van der Waals surface area contributed by atoms with Crippen LogP contribution in [0.5, 0.6) is 11.6 Å². The van der Waals surface area contributed by atoms with Gasteiger partial charge in [-0.05, 0) is 42.5 Å². The molecule has 3 nitrogen and oxygen atoms in total. The summed E-state index contributed by atoms with van der Waals surface area (Å²) in [6.07, 6.45) is 1.13. The number of pyridine rings is 1. The molecule has 2 aromatic rings. The minimum atomic E-state index is -0.518. The number of rotatable bonds is 3. The van der Waals surface area contributed by atoms with E-state index in [1.165, 1.54) is 0 Å². The summed E-state index contributed by atoms with van der Waals surface area (Å²) >= 11 is 0. The molecule has 0 fully saturated rings. The smallest absolute Gasteiger partial charge is 0.219 e. The minimum absolute atomic E-state index is 0.00257. The molecule has 1 aromatic heterocycles. The molecule has 0 saturated heterocycles. The summed E-state index contributed by atoms with van der Waals surface area (Å²) in [5.41, 5.74) is 3.08. The van der Waals surface area contributed by atoms with Gasteiger partial charge in [0.1, 0.15) is 5.75 Å². The van der Waals surface area contributed by atoms with Gasteiger partial charge in [-0.3, -0.25) is 0 Å². The maximum atomic E-state index is 9.51. The molecule has 0 amide bonds. The van der Waals surface area contributed by atoms with Crippen molar-refractivity contribution in [3.63, 3.8) is 0 Å². The van der Waals surface area contributed by atoms with Gasteiger partial charge in [0.25, 0.3) is 0 Å². The van der Waals surface area contributed by atoms with Crippen molar-refractivity contribution in [2.24, 2.45) is 0 Å². The van der Waals surface area contributed by atoms with Gasteiger partial charge in [0.15, 0.2) is 0 Å². The van der Waals surface area contributed by atoms with Gasteiger partial charge in [0.05, 0.1) is 6.10 Å². The number of hydrogen-bond acceptors (Lipinski definition) is 3. The monoisotopic (exact) mass is 285 g/mol. The Morgan fingerprint density at radius 3 is 2.38 bits per heavy atom. The van der Waals surface area contributed by atoms with Crippen LogP contribution in [0, 0.1) is 6.92 Å². The van der Waals surface area contributed by atoms with Gasteiger partial charge in [-0.1, -0.05) is 32.9 Å². The van der Waals surface area contributed by atoms with Crippen molar-refractivity contribution >= 4 is 0 Å². The molecule has 0 aliphatic carbocycles. The molecule has 1 N–H and O–H groups in total. The number of hydrogen-bond donors (Lipinski definition) is 1. The Balaban J connectivity index is 2.32. The van der Waals surface area contributed by atoms with Crippen LogP contribution in [-0.2, 0) is 5.41 Å². The van der Waals surface area contributed by atoms with Crippen molar-refractivity contribution in [1.29, 1.82) is 0 Å². The second-order valence-electron chi connectivity index (χ2n) is 6.46. The van der Waals surface area contributed by atoms with E-state index in [9.17, 15) is 5.11 Å². The van der Waals surface area contributed by atoms with E-state index < -0.39 is 6.10 Å². The standard InChI is InChI=1S/C18H23NO2/c1-12-6-8-15(18(3,4)5)16(10-12)21-17-9-7-14(11-19-17)13(2)20/h6-11,13,20H,1-5H3/t13-/m1/s1. The number of aliphatic hydroxyl groups excluding tert-OH is 1. The Kier molecular flexibility index (Phi) is 4.33. The zero-order valence-corrected chi connectivity index (χ0v) is 13.3. The molecule has 0 radical (unpaired) electrons. The highest BCUT2D eigenvalue weighted by atomic mass is 16.5. The third kappa shape index (κ3) is 3.82. The van der Waals surface area contributed by atoms with Crippen molar-refractivity contribution in [3.8, 4) is 11.6 Å². The third-order valence-electron chi connectivity index (χ3n) is 3.40. The maximum Gasteiger partial charge on any atom is 0.219 e. The average molecular weight is 285 g/mol. The molecule has 0 bridgehead atoms. The van der Waals surface area contributed by atoms with Crippen molar-refractivity contribution in [2.45, 2.75) is 46.1 Å². The van der Waals surface area contributed by atoms with Crippen molar-refractivity contribution in [3.05, 3.63) is 53.2 Å². The zero-order chi connectivity index (χ0) is 15.6. The lowest BCUT2D eigenvalue weighted by atomic mass is 9.86. The van der Waals surface area contributed by atoms with Crippen molar-refractivity contribution in [1.82, 2.24) is 4.98 Å². The maximum absolute atomic E-state index is 9.51. The fourth-order valence-electron chi connectivity index (χ4n) is 2.15. The SMILES string of the molecule is Cc1ccc(C(C)(C)C)c(Oc2ccc([C@@H](C)O)cn2)c1. The van der Waals surface area contributed by atoms with Crippen LogP contribution in [0.4, 0.5) is 0 Å². The van der Waals surface area contributed by atoms with Crippen LogP contribution in [0.15, 0.2) is 36.5 Å². The van der Waals surface area contributed by atoms with Crippen LogP contribution >= 0.6 is 0 Å². The molecule has 0 spiro atoms. The van der Waals surface area contributed by atoms with E-state index in [-0.39, 0.29) is 5.41 Å². The first-order chi connectivity index (χ1) is 9.77. The highest BCUT2D eigenvalue weighted by Gasteiger charge is 2.19. The van der Waals surface area contributed by atoms with E-state index in [2.05, 4.69) is 37.9 Å². The largest absolute Gasteiger partial charge is 0.439 e. The van der Waals surface area contributed by atoms with Crippen LogP contribution in [-0.4, -0.2) is 10.1 Å². The number of benzene rings is 1. The van der Waals surface area contributed by atoms with Crippen LogP contribution in [0.25, 0.3) is 0 Å². The second kappa shape index (κ2) is 5.86. The fraction of sp³-hybridized carbons (Fsp3) is 0.389. The first kappa shape index (κ1) is 15.5. The third-order valence-corrected chi connectivity index (χ3v) is 3.40. The first-order valence-corrected chi connectivity index (χ1v) is 7.20. The van der Waals surface area contributed by atoms with E-state index in [4.69, 9.17) is 4.74 Å². The van der Waals surface area contributed by atoms with Gasteiger partial charge in [-0.15, -0.1) is 0 Å². The molecule has 112 valence electrons. The lowest BCUT2D eigenvalue weighted by Crippen LogP contribution is -2.12.